The predicted molar refractivity (Wildman–Crippen MR) is 206 cm³/mol. The molecule has 0 saturated carbocycles. The number of anilines is 1. The number of rotatable bonds is 10. The van der Waals surface area contributed by atoms with E-state index in [2.05, 4.69) is 43.8 Å². The molecule has 0 aliphatic carbocycles. The fourth-order valence-electron chi connectivity index (χ4n) is 7.55. The van der Waals surface area contributed by atoms with Gasteiger partial charge in [-0.15, -0.1) is 5.10 Å². The number of sulfonamides is 1. The highest BCUT2D eigenvalue weighted by atomic mass is 32.2. The smallest absolute Gasteiger partial charge is 0.254 e. The van der Waals surface area contributed by atoms with Gasteiger partial charge in [0.2, 0.25) is 16.0 Å². The first-order chi connectivity index (χ1) is 25.9. The molecule has 284 valence electrons. The Morgan fingerprint density at radius 2 is 1.76 bits per heavy atom. The molecule has 1 N–H and O–H groups in total. The number of carbonyl (C=O) groups excluding carboxylic acids is 1. The van der Waals surface area contributed by atoms with Crippen LogP contribution < -0.4 is 15.0 Å². The Balaban J connectivity index is 1.27. The Kier molecular flexibility index (Phi) is 10.4. The monoisotopic (exact) mass is 752 g/mol. The number of para-hydroxylation sites is 1. The van der Waals surface area contributed by atoms with Crippen LogP contribution in [0.15, 0.2) is 71.9 Å². The molecule has 2 aromatic heterocycles. The van der Waals surface area contributed by atoms with Gasteiger partial charge in [0, 0.05) is 50.0 Å². The molecule has 1 fully saturated rings. The van der Waals surface area contributed by atoms with Gasteiger partial charge < -0.3 is 19.7 Å². The number of carbonyl (C=O) groups is 1. The van der Waals surface area contributed by atoms with E-state index in [4.69, 9.17) is 9.47 Å². The number of fused-ring (bicyclic) bond motifs is 2. The second-order valence-electron chi connectivity index (χ2n) is 14.6. The first-order valence-electron chi connectivity index (χ1n) is 18.6. The molecule has 2 atom stereocenters. The SMILES string of the molecule is CC[C@@H]1CN(Cc2cc([C@@H](c3ccc4c(nnn4CC)c3C)C(C)(C)NC(=O)c3cnc(N4CCOCC4)nc3)ccc2C)S(=O)(=O)c2ccccc2O1. The molecule has 2 aliphatic rings. The highest BCUT2D eigenvalue weighted by Crippen LogP contribution is 2.40. The Morgan fingerprint density at radius 3 is 2.48 bits per heavy atom. The quantitative estimate of drug-likeness (QED) is 0.197. The number of ether oxygens (including phenoxy) is 2. The van der Waals surface area contributed by atoms with E-state index >= 15 is 0 Å². The van der Waals surface area contributed by atoms with Gasteiger partial charge >= 0.3 is 0 Å². The molecule has 1 saturated heterocycles. The molecule has 0 spiro atoms. The number of morpholine rings is 1. The van der Waals surface area contributed by atoms with Gasteiger partial charge in [-0.2, -0.15) is 4.31 Å². The first kappa shape index (κ1) is 37.4. The Labute approximate surface area is 316 Å². The van der Waals surface area contributed by atoms with Crippen LogP contribution in [0.2, 0.25) is 0 Å². The van der Waals surface area contributed by atoms with Gasteiger partial charge in [0.05, 0.1) is 30.8 Å². The summed E-state index contributed by atoms with van der Waals surface area (Å²) < 4.78 is 43.3. The van der Waals surface area contributed by atoms with Crippen molar-refractivity contribution < 1.29 is 22.7 Å². The molecule has 2 aliphatic heterocycles. The minimum Gasteiger partial charge on any atom is -0.488 e. The highest BCUT2D eigenvalue weighted by molar-refractivity contribution is 7.89. The number of aromatic nitrogens is 5. The molecule has 0 unspecified atom stereocenters. The number of hydrogen-bond donors (Lipinski definition) is 1. The first-order valence-corrected chi connectivity index (χ1v) is 20.0. The maximum absolute atomic E-state index is 14.1. The molecular formula is C40H48N8O5S. The van der Waals surface area contributed by atoms with Crippen LogP contribution in [0.5, 0.6) is 5.75 Å². The molecule has 7 rings (SSSR count). The second kappa shape index (κ2) is 15.1. The van der Waals surface area contributed by atoms with E-state index in [-0.39, 0.29) is 35.9 Å². The molecule has 4 heterocycles. The summed E-state index contributed by atoms with van der Waals surface area (Å²) in [4.78, 5) is 25.2. The summed E-state index contributed by atoms with van der Waals surface area (Å²) in [5.74, 6) is 0.261. The van der Waals surface area contributed by atoms with E-state index in [1.165, 1.54) is 4.31 Å². The molecule has 1 amide bonds. The zero-order valence-corrected chi connectivity index (χ0v) is 32.6. The molecule has 5 aromatic rings. The molecule has 14 heteroatoms. The van der Waals surface area contributed by atoms with Gasteiger partial charge in [-0.25, -0.2) is 23.1 Å². The lowest BCUT2D eigenvalue weighted by Gasteiger charge is -2.37. The van der Waals surface area contributed by atoms with Crippen molar-refractivity contribution in [3.8, 4) is 5.75 Å². The minimum atomic E-state index is -3.87. The molecule has 0 radical (unpaired) electrons. The molecule has 54 heavy (non-hydrogen) atoms. The Hall–Kier alpha value is -4.92. The summed E-state index contributed by atoms with van der Waals surface area (Å²) in [6.07, 6.45) is 3.48. The average Bonchev–Trinajstić information content (AvgIpc) is 3.56. The van der Waals surface area contributed by atoms with Crippen LogP contribution in [0.25, 0.3) is 11.0 Å². The van der Waals surface area contributed by atoms with E-state index in [0.29, 0.717) is 56.5 Å². The largest absolute Gasteiger partial charge is 0.488 e. The zero-order chi connectivity index (χ0) is 38.2. The van der Waals surface area contributed by atoms with Crippen molar-refractivity contribution in [3.63, 3.8) is 0 Å². The average molecular weight is 753 g/mol. The highest BCUT2D eigenvalue weighted by Gasteiger charge is 2.38. The lowest BCUT2D eigenvalue weighted by Crippen LogP contribution is -2.48. The minimum absolute atomic E-state index is 0.158. The summed E-state index contributed by atoms with van der Waals surface area (Å²) in [7, 11) is -3.87. The summed E-state index contributed by atoms with van der Waals surface area (Å²) in [6.45, 7) is 15.7. The topological polar surface area (TPSA) is 145 Å². The summed E-state index contributed by atoms with van der Waals surface area (Å²) in [5, 5.41) is 12.2. The molecule has 13 nitrogen and oxygen atoms in total. The molecule has 3 aromatic carbocycles. The van der Waals surface area contributed by atoms with Crippen LogP contribution in [-0.4, -0.2) is 88.1 Å². The maximum atomic E-state index is 14.1. The van der Waals surface area contributed by atoms with Crippen molar-refractivity contribution in [1.82, 2.24) is 34.6 Å². The van der Waals surface area contributed by atoms with E-state index in [1.807, 2.05) is 63.3 Å². The Morgan fingerprint density at radius 1 is 1.02 bits per heavy atom. The van der Waals surface area contributed by atoms with E-state index < -0.39 is 15.6 Å². The maximum Gasteiger partial charge on any atom is 0.254 e. The van der Waals surface area contributed by atoms with E-state index in [1.54, 1.807) is 36.7 Å². The summed E-state index contributed by atoms with van der Waals surface area (Å²) >= 11 is 0. The number of nitrogens with one attached hydrogen (secondary N) is 1. The van der Waals surface area contributed by atoms with Gasteiger partial charge in [-0.1, -0.05) is 48.5 Å². The van der Waals surface area contributed by atoms with Gasteiger partial charge in [-0.05, 0) is 87.1 Å². The van der Waals surface area contributed by atoms with Crippen molar-refractivity contribution in [1.29, 1.82) is 0 Å². The van der Waals surface area contributed by atoms with Crippen LogP contribution in [0.1, 0.15) is 78.2 Å². The number of aryl methyl sites for hydroxylation is 3. The third kappa shape index (κ3) is 7.17. The normalized spacial score (nSPS) is 18.1. The number of nitrogens with zero attached hydrogens (tertiary/aromatic N) is 7. The zero-order valence-electron chi connectivity index (χ0n) is 31.7. The van der Waals surface area contributed by atoms with Crippen molar-refractivity contribution >= 4 is 32.9 Å². The predicted octanol–water partition coefficient (Wildman–Crippen LogP) is 5.40. The van der Waals surface area contributed by atoms with Crippen molar-refractivity contribution in [2.45, 2.75) is 83.5 Å². The lowest BCUT2D eigenvalue weighted by molar-refractivity contribution is 0.0905. The standard InChI is InChI=1S/C40H48N8O5S/c1-7-31-25-47(54(50,51)35-12-10-9-11-34(35)53-31)24-29-21-28(14-13-26(29)3)36(32-15-16-33-37(27(32)4)44-45-48(33)8-2)40(5,6)43-38(49)30-22-41-39(42-23-30)46-17-19-52-20-18-46/h9-16,21-23,31,36H,7-8,17-20,24-25H2,1-6H3,(H,43,49)/t31-,36+/m1/s1. The van der Waals surface area contributed by atoms with Crippen molar-refractivity contribution in [2.75, 3.05) is 37.7 Å². The van der Waals surface area contributed by atoms with Crippen LogP contribution in [0, 0.1) is 13.8 Å². The van der Waals surface area contributed by atoms with Crippen LogP contribution >= 0.6 is 0 Å². The van der Waals surface area contributed by atoms with E-state index in [0.717, 1.165) is 38.9 Å². The van der Waals surface area contributed by atoms with Gasteiger partial charge in [0.25, 0.3) is 5.91 Å². The number of benzene rings is 3. The van der Waals surface area contributed by atoms with E-state index in [9.17, 15) is 13.2 Å². The lowest BCUT2D eigenvalue weighted by atomic mass is 9.74. The van der Waals surface area contributed by atoms with Gasteiger partial charge in [0.1, 0.15) is 22.3 Å². The van der Waals surface area contributed by atoms with Crippen LogP contribution in [-0.2, 0) is 27.8 Å². The number of amides is 1. The summed E-state index contributed by atoms with van der Waals surface area (Å²) in [6, 6.07) is 17.1. The van der Waals surface area contributed by atoms with Crippen molar-refractivity contribution in [3.05, 3.63) is 100 Å². The third-order valence-corrected chi connectivity index (χ3v) is 12.5. The third-order valence-electron chi connectivity index (χ3n) is 10.6. The van der Waals surface area contributed by atoms with Crippen LogP contribution in [0.3, 0.4) is 0 Å². The summed E-state index contributed by atoms with van der Waals surface area (Å²) in [5.41, 5.74) is 5.87. The van der Waals surface area contributed by atoms with Gasteiger partial charge in [0.15, 0.2) is 0 Å². The molecule has 0 bridgehead atoms. The Bertz CT molecular complexity index is 2270. The fraction of sp³-hybridized carbons (Fsp3) is 0.425. The number of hydrogen-bond acceptors (Lipinski definition) is 10. The van der Waals surface area contributed by atoms with Crippen LogP contribution in [0.4, 0.5) is 5.95 Å². The second-order valence-corrected chi connectivity index (χ2v) is 16.5. The van der Waals surface area contributed by atoms with Gasteiger partial charge in [-0.3, -0.25) is 4.79 Å². The van der Waals surface area contributed by atoms with Crippen molar-refractivity contribution in [2.24, 2.45) is 0 Å². The fourth-order valence-corrected chi connectivity index (χ4v) is 9.12. The molecular weight excluding hydrogens is 705 g/mol.